The van der Waals surface area contributed by atoms with Crippen LogP contribution in [0.15, 0.2) is 32.9 Å². The average Bonchev–Trinajstić information content (AvgIpc) is 2.63. The Bertz CT molecular complexity index is 842. The van der Waals surface area contributed by atoms with E-state index in [0.29, 0.717) is 24.2 Å². The Morgan fingerprint density at radius 3 is 2.56 bits per heavy atom. The molecule has 0 aromatic carbocycles. The Labute approximate surface area is 158 Å². The summed E-state index contributed by atoms with van der Waals surface area (Å²) in [6.07, 6.45) is 9.37. The number of aliphatic hydroxyl groups is 1. The Kier molecular flexibility index (Phi) is 3.81. The molecule has 5 rings (SSSR count). The van der Waals surface area contributed by atoms with E-state index in [1.165, 1.54) is 19.3 Å². The molecule has 1 N–H and O–H groups in total. The van der Waals surface area contributed by atoms with E-state index in [4.69, 9.17) is 0 Å². The summed E-state index contributed by atoms with van der Waals surface area (Å²) in [6.45, 7) is 2.94. The lowest BCUT2D eigenvalue weighted by molar-refractivity contribution is -0.114. The van der Waals surface area contributed by atoms with Crippen molar-refractivity contribution >= 4 is 17.8 Å². The lowest BCUT2D eigenvalue weighted by atomic mass is 9.63. The smallest absolute Gasteiger partial charge is 0.290 e. The number of carbonyl (C=O) groups is 1. The number of fused-ring (bicyclic) bond motifs is 1. The van der Waals surface area contributed by atoms with E-state index in [1.54, 1.807) is 6.21 Å². The number of nitriles is 1. The molecule has 1 atom stereocenters. The van der Waals surface area contributed by atoms with Crippen LogP contribution in [0.3, 0.4) is 0 Å². The van der Waals surface area contributed by atoms with Crippen molar-refractivity contribution in [3.05, 3.63) is 22.9 Å². The van der Waals surface area contributed by atoms with Gasteiger partial charge in [0.15, 0.2) is 0 Å². The van der Waals surface area contributed by atoms with Crippen LogP contribution in [-0.2, 0) is 4.79 Å². The molecule has 7 nitrogen and oxygen atoms in total. The Balaban J connectivity index is 1.46. The molecule has 140 valence electrons. The minimum absolute atomic E-state index is 0.146. The van der Waals surface area contributed by atoms with E-state index in [-0.39, 0.29) is 17.8 Å². The largest absolute Gasteiger partial charge is 0.390 e. The van der Waals surface area contributed by atoms with Crippen LogP contribution in [0.4, 0.5) is 0 Å². The van der Waals surface area contributed by atoms with E-state index in [0.717, 1.165) is 37.2 Å². The van der Waals surface area contributed by atoms with E-state index < -0.39 is 5.91 Å². The molecule has 0 bridgehead atoms. The molecule has 1 saturated carbocycles. The van der Waals surface area contributed by atoms with Gasteiger partial charge in [0, 0.05) is 31.8 Å². The summed E-state index contributed by atoms with van der Waals surface area (Å²) >= 11 is 0. The van der Waals surface area contributed by atoms with E-state index in [2.05, 4.69) is 25.9 Å². The van der Waals surface area contributed by atoms with Gasteiger partial charge in [-0.25, -0.2) is 4.99 Å². The van der Waals surface area contributed by atoms with Crippen molar-refractivity contribution in [1.82, 2.24) is 9.80 Å². The van der Waals surface area contributed by atoms with Gasteiger partial charge < -0.3 is 10.0 Å². The second-order valence-electron chi connectivity index (χ2n) is 8.36. The fourth-order valence-electron chi connectivity index (χ4n) is 4.90. The van der Waals surface area contributed by atoms with Gasteiger partial charge in [0.05, 0.1) is 23.7 Å². The number of allylic oxidation sites excluding steroid dienone is 1. The molecular weight excluding hydrogens is 342 g/mol. The number of hydrogen-bond acceptors (Lipinski definition) is 6. The predicted octanol–water partition coefficient (Wildman–Crippen LogP) is 1.02. The van der Waals surface area contributed by atoms with Crippen molar-refractivity contribution in [2.45, 2.75) is 44.4 Å². The van der Waals surface area contributed by atoms with Crippen LogP contribution in [-0.4, -0.2) is 71.2 Å². The second-order valence-corrected chi connectivity index (χ2v) is 8.36. The molecule has 1 unspecified atom stereocenters. The number of β-amino-alcohol motifs (C(OH)–C–C–N with tert-alkyl or cyclic N) is 1. The topological polar surface area (TPSA) is 92.3 Å². The van der Waals surface area contributed by atoms with Gasteiger partial charge in [-0.3, -0.25) is 14.7 Å². The summed E-state index contributed by atoms with van der Waals surface area (Å²) < 4.78 is 0. The van der Waals surface area contributed by atoms with Crippen molar-refractivity contribution in [2.24, 2.45) is 15.4 Å². The zero-order valence-electron chi connectivity index (χ0n) is 15.3. The number of aliphatic imine (C=N–C) groups is 2. The summed E-state index contributed by atoms with van der Waals surface area (Å²) in [5.41, 5.74) is 2.77. The Morgan fingerprint density at radius 2 is 1.96 bits per heavy atom. The minimum atomic E-state index is -0.465. The zero-order chi connectivity index (χ0) is 18.6. The lowest BCUT2D eigenvalue weighted by Crippen LogP contribution is -2.55. The molecule has 7 heteroatoms. The van der Waals surface area contributed by atoms with Gasteiger partial charge in [-0.15, -0.1) is 0 Å². The summed E-state index contributed by atoms with van der Waals surface area (Å²) in [6, 6.07) is 2.10. The predicted molar refractivity (Wildman–Crippen MR) is 100 cm³/mol. The van der Waals surface area contributed by atoms with Gasteiger partial charge in [0.25, 0.3) is 5.91 Å². The molecule has 4 heterocycles. The summed E-state index contributed by atoms with van der Waals surface area (Å²) in [4.78, 5) is 25.3. The lowest BCUT2D eigenvalue weighted by Gasteiger charge is -2.49. The first-order valence-electron chi connectivity index (χ1n) is 9.79. The number of piperidine rings is 1. The monoisotopic (exact) mass is 365 g/mol. The maximum Gasteiger partial charge on any atom is 0.290 e. The van der Waals surface area contributed by atoms with E-state index in [1.807, 2.05) is 6.08 Å². The molecule has 4 aliphatic heterocycles. The molecule has 1 spiro atoms. The van der Waals surface area contributed by atoms with E-state index in [9.17, 15) is 15.2 Å². The van der Waals surface area contributed by atoms with Crippen LogP contribution >= 0.6 is 0 Å². The third kappa shape index (κ3) is 2.67. The Morgan fingerprint density at radius 1 is 1.22 bits per heavy atom. The number of dihydropyridines is 2. The highest BCUT2D eigenvalue weighted by Gasteiger charge is 2.42. The first-order chi connectivity index (χ1) is 13.1. The molecule has 5 aliphatic rings. The fourth-order valence-corrected chi connectivity index (χ4v) is 4.90. The second kappa shape index (κ2) is 6.11. The van der Waals surface area contributed by atoms with Gasteiger partial charge in [-0.2, -0.15) is 5.26 Å². The van der Waals surface area contributed by atoms with Crippen LogP contribution in [0, 0.1) is 16.7 Å². The normalized spacial score (nSPS) is 30.3. The molecular formula is C20H23N5O2. The molecule has 0 aromatic heterocycles. The number of aliphatic hydroxyl groups excluding tert-OH is 1. The van der Waals surface area contributed by atoms with Gasteiger partial charge >= 0.3 is 0 Å². The molecule has 1 aliphatic carbocycles. The number of rotatable bonds is 2. The van der Waals surface area contributed by atoms with Crippen LogP contribution in [0.5, 0.6) is 0 Å². The van der Waals surface area contributed by atoms with Crippen molar-refractivity contribution in [3.63, 3.8) is 0 Å². The van der Waals surface area contributed by atoms with Crippen LogP contribution in [0.2, 0.25) is 0 Å². The number of amides is 1. The summed E-state index contributed by atoms with van der Waals surface area (Å²) in [5, 5.41) is 19.2. The highest BCUT2D eigenvalue weighted by molar-refractivity contribution is 6.43. The van der Waals surface area contributed by atoms with Crippen LogP contribution in [0.1, 0.15) is 32.1 Å². The number of hydrogen-bond donors (Lipinski definition) is 1. The van der Waals surface area contributed by atoms with Crippen LogP contribution < -0.4 is 0 Å². The molecule has 1 amide bonds. The van der Waals surface area contributed by atoms with Crippen molar-refractivity contribution < 1.29 is 9.90 Å². The number of carbonyl (C=O) groups excluding carboxylic acids is 1. The maximum absolute atomic E-state index is 12.4. The molecule has 0 radical (unpaired) electrons. The maximum atomic E-state index is 12.4. The van der Waals surface area contributed by atoms with Gasteiger partial charge in [0.2, 0.25) is 0 Å². The first-order valence-corrected chi connectivity index (χ1v) is 9.79. The quantitative estimate of drug-likeness (QED) is 0.789. The van der Waals surface area contributed by atoms with Crippen molar-refractivity contribution in [1.29, 1.82) is 5.26 Å². The highest BCUT2D eigenvalue weighted by atomic mass is 16.3. The number of likely N-dealkylation sites (tertiary alicyclic amines) is 2. The van der Waals surface area contributed by atoms with Gasteiger partial charge in [0.1, 0.15) is 17.8 Å². The zero-order valence-corrected chi connectivity index (χ0v) is 15.3. The highest BCUT2D eigenvalue weighted by Crippen LogP contribution is 2.49. The van der Waals surface area contributed by atoms with Crippen LogP contribution in [0.25, 0.3) is 0 Å². The molecule has 0 aromatic rings. The van der Waals surface area contributed by atoms with Gasteiger partial charge in [-0.1, -0.05) is 6.42 Å². The molecule has 27 heavy (non-hydrogen) atoms. The summed E-state index contributed by atoms with van der Waals surface area (Å²) in [5.74, 6) is -0.465. The standard InChI is InChI=1S/C20H23N5O2/c21-9-15-18(24-6-4-20(5-7-24)2-1-3-20)14-8-17(25-11-13(26)12-25)22-10-16(14)23-19(15)27/h8,10,13,17,26H,1-7,11-12H2. The first kappa shape index (κ1) is 16.8. The number of nitrogens with zero attached hydrogens (tertiary/aromatic N) is 5. The fraction of sp³-hybridized carbons (Fsp3) is 0.600. The third-order valence-electron chi connectivity index (χ3n) is 6.80. The van der Waals surface area contributed by atoms with Gasteiger partial charge in [-0.05, 0) is 37.2 Å². The summed E-state index contributed by atoms with van der Waals surface area (Å²) in [7, 11) is 0. The SMILES string of the molecule is N#CC1=C(N2CCC3(CCC3)CC2)C2=CC(N3CC(O)C3)N=CC2=NC1=O. The Hall–Kier alpha value is -2.30. The molecule has 3 fully saturated rings. The van der Waals surface area contributed by atoms with Crippen molar-refractivity contribution in [3.8, 4) is 6.07 Å². The van der Waals surface area contributed by atoms with E-state index >= 15 is 0 Å². The minimum Gasteiger partial charge on any atom is -0.390 e. The third-order valence-corrected chi connectivity index (χ3v) is 6.80. The van der Waals surface area contributed by atoms with Crippen molar-refractivity contribution in [2.75, 3.05) is 26.2 Å². The average molecular weight is 365 g/mol. The molecule has 2 saturated heterocycles.